The molecule has 1 aliphatic heterocycles. The fraction of sp³-hybridized carbons (Fsp3) is 0.526. The SMILES string of the molecule is C=C1CC(CCNC2CCc3cc(O)c(N4CC(=O)NS4(=O)=O)c(F)c3C2)C1. The van der Waals surface area contributed by atoms with Gasteiger partial charge in [-0.25, -0.2) is 13.4 Å². The van der Waals surface area contributed by atoms with Gasteiger partial charge >= 0.3 is 10.2 Å². The number of phenolic OH excluding ortho intramolecular Hbond substituents is 1. The Balaban J connectivity index is 1.51. The van der Waals surface area contributed by atoms with Crippen molar-refractivity contribution in [1.29, 1.82) is 0 Å². The van der Waals surface area contributed by atoms with E-state index in [1.54, 1.807) is 4.72 Å². The van der Waals surface area contributed by atoms with E-state index in [9.17, 15) is 18.3 Å². The number of hydrogen-bond donors (Lipinski definition) is 3. The first-order chi connectivity index (χ1) is 13.2. The number of phenols is 1. The van der Waals surface area contributed by atoms with Gasteiger partial charge in [0.25, 0.3) is 5.91 Å². The van der Waals surface area contributed by atoms with Crippen LogP contribution in [0.2, 0.25) is 0 Å². The summed E-state index contributed by atoms with van der Waals surface area (Å²) in [6.45, 7) is 4.26. The molecule has 1 saturated heterocycles. The lowest BCUT2D eigenvalue weighted by Gasteiger charge is -2.31. The van der Waals surface area contributed by atoms with Gasteiger partial charge in [0.15, 0.2) is 5.82 Å². The molecule has 1 aromatic rings. The van der Waals surface area contributed by atoms with Crippen molar-refractivity contribution >= 4 is 21.8 Å². The molecule has 7 nitrogen and oxygen atoms in total. The van der Waals surface area contributed by atoms with Crippen LogP contribution in [-0.4, -0.2) is 38.6 Å². The molecule has 1 saturated carbocycles. The van der Waals surface area contributed by atoms with Crippen LogP contribution in [0.25, 0.3) is 0 Å². The molecular formula is C19H24FN3O4S. The van der Waals surface area contributed by atoms with E-state index in [1.807, 2.05) is 0 Å². The minimum atomic E-state index is -4.19. The maximum Gasteiger partial charge on any atom is 0.326 e. The van der Waals surface area contributed by atoms with E-state index in [2.05, 4.69) is 11.9 Å². The topological polar surface area (TPSA) is 98.7 Å². The lowest BCUT2D eigenvalue weighted by Crippen LogP contribution is -2.37. The molecule has 9 heteroatoms. The predicted molar refractivity (Wildman–Crippen MR) is 103 cm³/mol. The summed E-state index contributed by atoms with van der Waals surface area (Å²) in [7, 11) is -4.19. The molecule has 3 N–H and O–H groups in total. The second-order valence-electron chi connectivity index (χ2n) is 7.94. The van der Waals surface area contributed by atoms with Crippen molar-refractivity contribution in [3.8, 4) is 5.75 Å². The number of carbonyl (C=O) groups excluding carboxylic acids is 1. The largest absolute Gasteiger partial charge is 0.506 e. The normalized spacial score (nSPS) is 24.0. The molecule has 1 atom stereocenters. The number of halogens is 1. The minimum absolute atomic E-state index is 0.0950. The number of nitrogens with zero attached hydrogens (tertiary/aromatic N) is 1. The molecule has 3 aliphatic rings. The monoisotopic (exact) mass is 409 g/mol. The Bertz CT molecular complexity index is 939. The van der Waals surface area contributed by atoms with Gasteiger partial charge in [0.1, 0.15) is 18.0 Å². The van der Waals surface area contributed by atoms with Gasteiger partial charge in [0, 0.05) is 6.04 Å². The molecule has 152 valence electrons. The summed E-state index contributed by atoms with van der Waals surface area (Å²) >= 11 is 0. The molecule has 4 rings (SSSR count). The van der Waals surface area contributed by atoms with Crippen LogP contribution in [0.3, 0.4) is 0 Å². The number of fused-ring (bicyclic) bond motifs is 1. The molecule has 1 heterocycles. The summed E-state index contributed by atoms with van der Waals surface area (Å²) in [5.41, 5.74) is 1.94. The van der Waals surface area contributed by atoms with E-state index >= 15 is 4.39 Å². The third kappa shape index (κ3) is 3.48. The van der Waals surface area contributed by atoms with Crippen molar-refractivity contribution in [2.24, 2.45) is 5.92 Å². The first-order valence-electron chi connectivity index (χ1n) is 9.51. The van der Waals surface area contributed by atoms with Crippen LogP contribution in [0.1, 0.15) is 36.8 Å². The van der Waals surface area contributed by atoms with Crippen LogP contribution in [0.15, 0.2) is 18.2 Å². The average molecular weight is 409 g/mol. The van der Waals surface area contributed by atoms with Gasteiger partial charge < -0.3 is 10.4 Å². The molecule has 0 spiro atoms. The zero-order valence-electron chi connectivity index (χ0n) is 15.5. The summed E-state index contributed by atoms with van der Waals surface area (Å²) in [6, 6.07) is 1.51. The van der Waals surface area contributed by atoms with Gasteiger partial charge in [-0.05, 0) is 68.2 Å². The van der Waals surface area contributed by atoms with Crippen molar-refractivity contribution in [1.82, 2.24) is 10.0 Å². The Morgan fingerprint density at radius 1 is 1.36 bits per heavy atom. The molecule has 28 heavy (non-hydrogen) atoms. The highest BCUT2D eigenvalue weighted by Gasteiger charge is 2.39. The summed E-state index contributed by atoms with van der Waals surface area (Å²) in [5.74, 6) is -1.30. The third-order valence-corrected chi connectivity index (χ3v) is 7.21. The van der Waals surface area contributed by atoms with Crippen molar-refractivity contribution in [3.63, 3.8) is 0 Å². The van der Waals surface area contributed by atoms with Gasteiger partial charge in [0.2, 0.25) is 0 Å². The number of aryl methyl sites for hydroxylation is 1. The Morgan fingerprint density at radius 2 is 2.11 bits per heavy atom. The van der Waals surface area contributed by atoms with Crippen molar-refractivity contribution in [2.45, 2.75) is 44.6 Å². The van der Waals surface area contributed by atoms with E-state index in [4.69, 9.17) is 0 Å². The van der Waals surface area contributed by atoms with Gasteiger partial charge in [-0.1, -0.05) is 12.2 Å². The summed E-state index contributed by atoms with van der Waals surface area (Å²) < 4.78 is 41.8. The average Bonchev–Trinajstić information content (AvgIpc) is 2.86. The molecule has 0 aromatic heterocycles. The molecule has 1 unspecified atom stereocenters. The molecule has 1 amide bonds. The van der Waals surface area contributed by atoms with Crippen LogP contribution in [0.5, 0.6) is 5.75 Å². The second kappa shape index (κ2) is 7.04. The lowest BCUT2D eigenvalue weighted by molar-refractivity contribution is -0.117. The van der Waals surface area contributed by atoms with Crippen LogP contribution < -0.4 is 14.3 Å². The first-order valence-corrected chi connectivity index (χ1v) is 10.9. The standard InChI is InChI=1S/C19H24FN3O4S/c1-11-6-12(7-11)4-5-21-14-3-2-13-8-16(24)19(18(20)15(13)9-14)23-10-17(25)22-28(23,26)27/h8,12,14,21,24H,1-7,9-10H2,(H,22,25). The number of aromatic hydroxyl groups is 1. The third-order valence-electron chi connectivity index (χ3n) is 5.84. The summed E-state index contributed by atoms with van der Waals surface area (Å²) in [5, 5.41) is 13.7. The second-order valence-corrected chi connectivity index (χ2v) is 9.53. The fourth-order valence-corrected chi connectivity index (χ4v) is 5.51. The highest BCUT2D eigenvalue weighted by atomic mass is 32.2. The van der Waals surface area contributed by atoms with E-state index in [0.717, 1.165) is 32.2 Å². The highest BCUT2D eigenvalue weighted by Crippen LogP contribution is 2.39. The Morgan fingerprint density at radius 3 is 2.75 bits per heavy atom. The van der Waals surface area contributed by atoms with E-state index in [0.29, 0.717) is 34.2 Å². The molecule has 2 aliphatic carbocycles. The summed E-state index contributed by atoms with van der Waals surface area (Å²) in [6.07, 6.45) is 5.08. The summed E-state index contributed by atoms with van der Waals surface area (Å²) in [4.78, 5) is 11.5. The number of anilines is 1. The molecule has 0 radical (unpaired) electrons. The van der Waals surface area contributed by atoms with Crippen LogP contribution in [-0.2, 0) is 27.8 Å². The van der Waals surface area contributed by atoms with Crippen LogP contribution in [0, 0.1) is 11.7 Å². The predicted octanol–water partition coefficient (Wildman–Crippen LogP) is 1.52. The van der Waals surface area contributed by atoms with Crippen LogP contribution in [0.4, 0.5) is 10.1 Å². The number of rotatable bonds is 5. The van der Waals surface area contributed by atoms with E-state index in [-0.39, 0.29) is 6.04 Å². The van der Waals surface area contributed by atoms with Crippen molar-refractivity contribution in [2.75, 3.05) is 17.4 Å². The van der Waals surface area contributed by atoms with Crippen molar-refractivity contribution < 1.29 is 22.7 Å². The number of nitrogens with one attached hydrogen (secondary N) is 2. The number of amides is 1. The number of hydrogen-bond acceptors (Lipinski definition) is 5. The molecular weight excluding hydrogens is 385 g/mol. The van der Waals surface area contributed by atoms with E-state index < -0.39 is 39.9 Å². The zero-order valence-corrected chi connectivity index (χ0v) is 16.3. The molecule has 2 fully saturated rings. The van der Waals surface area contributed by atoms with E-state index in [1.165, 1.54) is 11.6 Å². The number of allylic oxidation sites excluding steroid dienone is 1. The Kier molecular flexibility index (Phi) is 4.83. The molecule has 1 aromatic carbocycles. The Hall–Kier alpha value is -2.13. The van der Waals surface area contributed by atoms with Gasteiger partial charge in [-0.3, -0.25) is 4.79 Å². The van der Waals surface area contributed by atoms with Crippen LogP contribution >= 0.6 is 0 Å². The molecule has 0 bridgehead atoms. The smallest absolute Gasteiger partial charge is 0.326 e. The number of benzene rings is 1. The van der Waals surface area contributed by atoms with Gasteiger partial charge in [0.05, 0.1) is 0 Å². The highest BCUT2D eigenvalue weighted by molar-refractivity contribution is 7.92. The van der Waals surface area contributed by atoms with Gasteiger partial charge in [-0.15, -0.1) is 0 Å². The number of carbonyl (C=O) groups is 1. The Labute approximate surface area is 163 Å². The lowest BCUT2D eigenvalue weighted by atomic mass is 9.79. The zero-order chi connectivity index (χ0) is 20.1. The minimum Gasteiger partial charge on any atom is -0.506 e. The maximum atomic E-state index is 15.2. The van der Waals surface area contributed by atoms with Crippen molar-refractivity contribution in [3.05, 3.63) is 35.2 Å². The fourth-order valence-electron chi connectivity index (χ4n) is 4.35. The quantitative estimate of drug-likeness (QED) is 0.641. The first kappa shape index (κ1) is 19.2. The maximum absolute atomic E-state index is 15.2. The van der Waals surface area contributed by atoms with Gasteiger partial charge in [-0.2, -0.15) is 8.42 Å².